The first-order chi connectivity index (χ1) is 12.3. The van der Waals surface area contributed by atoms with Gasteiger partial charge in [0, 0.05) is 16.9 Å². The first-order valence-electron chi connectivity index (χ1n) is 8.42. The van der Waals surface area contributed by atoms with Crippen LogP contribution in [0.4, 0.5) is 0 Å². The molecule has 0 amide bonds. The van der Waals surface area contributed by atoms with Gasteiger partial charge >= 0.3 is 5.97 Å². The van der Waals surface area contributed by atoms with Crippen LogP contribution in [-0.4, -0.2) is 27.9 Å². The molecule has 1 aromatic carbocycles. The van der Waals surface area contributed by atoms with Gasteiger partial charge in [0.25, 0.3) is 0 Å². The van der Waals surface area contributed by atoms with Gasteiger partial charge in [0.15, 0.2) is 5.75 Å². The van der Waals surface area contributed by atoms with Crippen molar-refractivity contribution in [1.82, 2.24) is 4.98 Å². The van der Waals surface area contributed by atoms with E-state index >= 15 is 0 Å². The molecule has 2 rings (SSSR count). The minimum absolute atomic E-state index is 0.00362. The molecule has 26 heavy (non-hydrogen) atoms. The summed E-state index contributed by atoms with van der Waals surface area (Å²) in [5, 5.41) is 8.87. The maximum Gasteiger partial charge on any atom is 0.303 e. The number of pyridine rings is 1. The van der Waals surface area contributed by atoms with E-state index in [2.05, 4.69) is 25.8 Å². The molecule has 6 heteroatoms. The topological polar surface area (TPSA) is 68.7 Å². The predicted molar refractivity (Wildman–Crippen MR) is 103 cm³/mol. The lowest BCUT2D eigenvalue weighted by atomic mass is 10.2. The number of aryl methyl sites for hydroxylation is 1. The number of ether oxygens (including phenoxy) is 2. The molecule has 0 aliphatic rings. The van der Waals surface area contributed by atoms with E-state index in [-0.39, 0.29) is 11.2 Å². The SMILES string of the molecule is COc1ccc(COc2cnc(CCC(=O)O)cc2SC(C)(C)C)cc1. The second-order valence-corrected chi connectivity index (χ2v) is 8.74. The van der Waals surface area contributed by atoms with Gasteiger partial charge in [0.2, 0.25) is 0 Å². The van der Waals surface area contributed by atoms with E-state index in [1.54, 1.807) is 25.1 Å². The average molecular weight is 375 g/mol. The van der Waals surface area contributed by atoms with E-state index < -0.39 is 5.97 Å². The van der Waals surface area contributed by atoms with Crippen LogP contribution in [0.15, 0.2) is 41.4 Å². The monoisotopic (exact) mass is 375 g/mol. The van der Waals surface area contributed by atoms with Crippen molar-refractivity contribution in [2.45, 2.75) is 49.9 Å². The van der Waals surface area contributed by atoms with Gasteiger partial charge in [-0.05, 0) is 23.8 Å². The molecule has 1 heterocycles. The van der Waals surface area contributed by atoms with Crippen LogP contribution in [0.2, 0.25) is 0 Å². The smallest absolute Gasteiger partial charge is 0.303 e. The summed E-state index contributed by atoms with van der Waals surface area (Å²) >= 11 is 1.68. The number of carbonyl (C=O) groups is 1. The fraction of sp³-hybridized carbons (Fsp3) is 0.400. The second kappa shape index (κ2) is 8.94. The van der Waals surface area contributed by atoms with Gasteiger partial charge in [0.1, 0.15) is 12.4 Å². The molecule has 0 bridgehead atoms. The Balaban J connectivity index is 2.14. The molecule has 0 fully saturated rings. The normalized spacial score (nSPS) is 11.2. The molecule has 140 valence electrons. The number of benzene rings is 1. The molecule has 0 atom stereocenters. The molecule has 0 radical (unpaired) electrons. The maximum absolute atomic E-state index is 10.8. The molecule has 0 aliphatic carbocycles. The predicted octanol–water partition coefficient (Wildman–Crippen LogP) is 4.58. The Kier molecular flexibility index (Phi) is 6.91. The largest absolute Gasteiger partial charge is 0.497 e. The van der Waals surface area contributed by atoms with Gasteiger partial charge < -0.3 is 14.6 Å². The summed E-state index contributed by atoms with van der Waals surface area (Å²) in [4.78, 5) is 16.1. The van der Waals surface area contributed by atoms with E-state index in [4.69, 9.17) is 14.6 Å². The highest BCUT2D eigenvalue weighted by Crippen LogP contribution is 2.38. The van der Waals surface area contributed by atoms with E-state index in [0.717, 1.165) is 21.9 Å². The number of aromatic nitrogens is 1. The van der Waals surface area contributed by atoms with Gasteiger partial charge in [-0.1, -0.05) is 32.9 Å². The second-order valence-electron chi connectivity index (χ2n) is 6.87. The number of thioether (sulfide) groups is 1. The third-order valence-corrected chi connectivity index (χ3v) is 4.60. The van der Waals surface area contributed by atoms with Gasteiger partial charge in [0.05, 0.1) is 24.6 Å². The molecule has 5 nitrogen and oxygen atoms in total. The van der Waals surface area contributed by atoms with Crippen molar-refractivity contribution in [2.75, 3.05) is 7.11 Å². The Bertz CT molecular complexity index is 738. The van der Waals surface area contributed by atoms with E-state index in [1.807, 2.05) is 30.3 Å². The van der Waals surface area contributed by atoms with Crippen LogP contribution < -0.4 is 9.47 Å². The maximum atomic E-state index is 10.8. The molecular weight excluding hydrogens is 350 g/mol. The Morgan fingerprint density at radius 2 is 1.92 bits per heavy atom. The first-order valence-corrected chi connectivity index (χ1v) is 9.24. The van der Waals surface area contributed by atoms with Gasteiger partial charge in [-0.3, -0.25) is 9.78 Å². The summed E-state index contributed by atoms with van der Waals surface area (Å²) in [5.41, 5.74) is 1.79. The van der Waals surface area contributed by atoms with Crippen molar-refractivity contribution in [2.24, 2.45) is 0 Å². The van der Waals surface area contributed by atoms with Crippen LogP contribution in [0.5, 0.6) is 11.5 Å². The highest BCUT2D eigenvalue weighted by atomic mass is 32.2. The van der Waals surface area contributed by atoms with E-state index in [1.165, 1.54) is 0 Å². The Labute approximate surface area is 158 Å². The number of carboxylic acid groups (broad SMARTS) is 1. The third-order valence-electron chi connectivity index (χ3n) is 3.45. The highest BCUT2D eigenvalue weighted by Gasteiger charge is 2.17. The minimum Gasteiger partial charge on any atom is -0.497 e. The van der Waals surface area contributed by atoms with Crippen molar-refractivity contribution >= 4 is 17.7 Å². The van der Waals surface area contributed by atoms with Gasteiger partial charge in [-0.15, -0.1) is 11.8 Å². The number of aliphatic carboxylic acids is 1. The van der Waals surface area contributed by atoms with Crippen molar-refractivity contribution in [3.63, 3.8) is 0 Å². The van der Waals surface area contributed by atoms with Gasteiger partial charge in [-0.25, -0.2) is 0 Å². The molecular formula is C20H25NO4S. The Hall–Kier alpha value is -2.21. The summed E-state index contributed by atoms with van der Waals surface area (Å²) in [6, 6.07) is 9.66. The van der Waals surface area contributed by atoms with Crippen LogP contribution in [0.25, 0.3) is 0 Å². The van der Waals surface area contributed by atoms with Crippen molar-refractivity contribution < 1.29 is 19.4 Å². The number of carboxylic acids is 1. The number of hydrogen-bond acceptors (Lipinski definition) is 5. The highest BCUT2D eigenvalue weighted by molar-refractivity contribution is 8.00. The van der Waals surface area contributed by atoms with E-state index in [9.17, 15) is 4.79 Å². The van der Waals surface area contributed by atoms with Crippen molar-refractivity contribution in [1.29, 1.82) is 0 Å². The fourth-order valence-electron chi connectivity index (χ4n) is 2.24. The van der Waals surface area contributed by atoms with E-state index in [0.29, 0.717) is 18.8 Å². The average Bonchev–Trinajstić information content (AvgIpc) is 2.58. The van der Waals surface area contributed by atoms with Crippen molar-refractivity contribution in [3.8, 4) is 11.5 Å². The first kappa shape index (κ1) is 20.1. The number of nitrogens with zero attached hydrogens (tertiary/aromatic N) is 1. The molecule has 0 saturated heterocycles. The number of rotatable bonds is 8. The lowest BCUT2D eigenvalue weighted by Gasteiger charge is -2.20. The zero-order valence-electron chi connectivity index (χ0n) is 15.6. The van der Waals surface area contributed by atoms with Crippen molar-refractivity contribution in [3.05, 3.63) is 47.8 Å². The number of methoxy groups -OCH3 is 1. The summed E-state index contributed by atoms with van der Waals surface area (Å²) in [7, 11) is 1.64. The van der Waals surface area contributed by atoms with Gasteiger partial charge in [-0.2, -0.15) is 0 Å². The van der Waals surface area contributed by atoms with Crippen LogP contribution in [0.3, 0.4) is 0 Å². The Morgan fingerprint density at radius 1 is 1.23 bits per heavy atom. The number of hydrogen-bond donors (Lipinski definition) is 1. The lowest BCUT2D eigenvalue weighted by molar-refractivity contribution is -0.136. The van der Waals surface area contributed by atoms with Crippen LogP contribution in [0, 0.1) is 0 Å². The van der Waals surface area contributed by atoms with Crippen LogP contribution in [0.1, 0.15) is 38.4 Å². The molecule has 2 aromatic rings. The zero-order valence-corrected chi connectivity index (χ0v) is 16.4. The van der Waals surface area contributed by atoms with Crippen LogP contribution in [-0.2, 0) is 17.8 Å². The third kappa shape index (κ3) is 6.59. The lowest BCUT2D eigenvalue weighted by Crippen LogP contribution is -2.08. The summed E-state index contributed by atoms with van der Waals surface area (Å²) in [6.45, 7) is 6.81. The molecule has 1 aromatic heterocycles. The quantitative estimate of drug-likeness (QED) is 0.681. The minimum atomic E-state index is -0.823. The van der Waals surface area contributed by atoms with Crippen LogP contribution >= 0.6 is 11.8 Å². The summed E-state index contributed by atoms with van der Waals surface area (Å²) in [5.74, 6) is 0.693. The molecule has 0 saturated carbocycles. The summed E-state index contributed by atoms with van der Waals surface area (Å²) in [6.07, 6.45) is 2.17. The fourth-order valence-corrected chi connectivity index (χ4v) is 3.30. The molecule has 0 aliphatic heterocycles. The molecule has 0 unspecified atom stereocenters. The molecule has 0 spiro atoms. The standard InChI is InChI=1S/C20H25NO4S/c1-20(2,3)26-18-11-15(7-10-19(22)23)21-12-17(18)25-13-14-5-8-16(24-4)9-6-14/h5-6,8-9,11-12H,7,10,13H2,1-4H3,(H,22,23). The summed E-state index contributed by atoms with van der Waals surface area (Å²) < 4.78 is 11.1. The molecule has 1 N–H and O–H groups in total. The Morgan fingerprint density at radius 3 is 2.50 bits per heavy atom. The zero-order chi connectivity index (χ0) is 19.2.